The number of H-pyrrole nitrogens is 1. The van der Waals surface area contributed by atoms with Crippen molar-refractivity contribution >= 4 is 11.7 Å². The van der Waals surface area contributed by atoms with Gasteiger partial charge in [-0.05, 0) is 24.0 Å². The van der Waals surface area contributed by atoms with Crippen LogP contribution in [0.1, 0.15) is 29.0 Å². The minimum absolute atomic E-state index is 0.0992. The summed E-state index contributed by atoms with van der Waals surface area (Å²) >= 11 is 0. The Labute approximate surface area is 121 Å². The van der Waals surface area contributed by atoms with Crippen LogP contribution in [0.5, 0.6) is 5.75 Å². The quantitative estimate of drug-likeness (QED) is 0.667. The molecule has 110 valence electrons. The topological polar surface area (TPSA) is 99.5 Å². The predicted molar refractivity (Wildman–Crippen MR) is 76.1 cm³/mol. The molecular weight excluding hydrogens is 274 g/mol. The van der Waals surface area contributed by atoms with E-state index < -0.39 is 4.92 Å². The van der Waals surface area contributed by atoms with Gasteiger partial charge in [-0.15, -0.1) is 0 Å². The number of aromatic nitrogens is 1. The highest BCUT2D eigenvalue weighted by atomic mass is 16.6. The first kappa shape index (κ1) is 14.6. The fourth-order valence-electron chi connectivity index (χ4n) is 2.03. The lowest BCUT2D eigenvalue weighted by molar-refractivity contribution is -0.389. The Morgan fingerprint density at radius 3 is 2.57 bits per heavy atom. The molecule has 2 aromatic rings. The fourth-order valence-corrected chi connectivity index (χ4v) is 2.03. The van der Waals surface area contributed by atoms with Crippen LogP contribution < -0.4 is 0 Å². The summed E-state index contributed by atoms with van der Waals surface area (Å²) in [5.74, 6) is -0.525. The number of phenols is 1. The van der Waals surface area contributed by atoms with Crippen LogP contribution in [-0.4, -0.2) is 32.9 Å². The zero-order valence-corrected chi connectivity index (χ0v) is 11.6. The van der Waals surface area contributed by atoms with Crippen molar-refractivity contribution in [2.75, 3.05) is 7.05 Å². The Balaban J connectivity index is 2.22. The van der Waals surface area contributed by atoms with Gasteiger partial charge < -0.3 is 20.1 Å². The highest BCUT2D eigenvalue weighted by Gasteiger charge is 2.24. The van der Waals surface area contributed by atoms with Crippen molar-refractivity contribution in [1.29, 1.82) is 0 Å². The number of amides is 1. The molecule has 1 unspecified atom stereocenters. The van der Waals surface area contributed by atoms with E-state index in [0.29, 0.717) is 5.56 Å². The number of hydrogen-bond donors (Lipinski definition) is 2. The SMILES string of the molecule is CC(c1ccccc1O)N(C)C(=O)c1ccc([N+](=O)[O-])[nH]1. The molecule has 0 fully saturated rings. The molecule has 21 heavy (non-hydrogen) atoms. The number of phenolic OH excluding ortho intramolecular Hbond substituents is 1. The third-order valence-corrected chi connectivity index (χ3v) is 3.39. The summed E-state index contributed by atoms with van der Waals surface area (Å²) in [6.45, 7) is 1.77. The average Bonchev–Trinajstić information content (AvgIpc) is 2.95. The number of carbonyl (C=O) groups excluding carboxylic acids is 1. The van der Waals surface area contributed by atoms with Crippen molar-refractivity contribution in [1.82, 2.24) is 9.88 Å². The van der Waals surface area contributed by atoms with Crippen LogP contribution in [-0.2, 0) is 0 Å². The zero-order valence-electron chi connectivity index (χ0n) is 11.6. The molecule has 1 amide bonds. The highest BCUT2D eigenvalue weighted by Crippen LogP contribution is 2.28. The van der Waals surface area contributed by atoms with Crippen LogP contribution in [0.4, 0.5) is 5.82 Å². The first-order valence-corrected chi connectivity index (χ1v) is 6.30. The van der Waals surface area contributed by atoms with Gasteiger partial charge in [0, 0.05) is 18.7 Å². The number of nitro groups is 1. The Kier molecular flexibility index (Phi) is 3.93. The van der Waals surface area contributed by atoms with Crippen LogP contribution >= 0.6 is 0 Å². The zero-order chi connectivity index (χ0) is 15.6. The van der Waals surface area contributed by atoms with Crippen molar-refractivity contribution in [3.05, 3.63) is 57.8 Å². The van der Waals surface area contributed by atoms with E-state index in [1.807, 2.05) is 0 Å². The lowest BCUT2D eigenvalue weighted by atomic mass is 10.1. The maximum atomic E-state index is 12.3. The molecular formula is C14H15N3O4. The first-order valence-electron chi connectivity index (χ1n) is 6.30. The molecule has 7 nitrogen and oxygen atoms in total. The average molecular weight is 289 g/mol. The van der Waals surface area contributed by atoms with E-state index in [0.717, 1.165) is 0 Å². The molecule has 1 heterocycles. The predicted octanol–water partition coefficient (Wildman–Crippen LogP) is 2.46. The number of hydrogen-bond acceptors (Lipinski definition) is 4. The standard InChI is InChI=1S/C14H15N3O4/c1-9(10-5-3-4-6-12(10)18)16(2)14(19)11-7-8-13(15-11)17(20)21/h3-9,15,18H,1-2H3. The van der Waals surface area contributed by atoms with Crippen molar-refractivity contribution in [2.45, 2.75) is 13.0 Å². The summed E-state index contributed by atoms with van der Waals surface area (Å²) in [5, 5.41) is 20.4. The number of aromatic amines is 1. The summed E-state index contributed by atoms with van der Waals surface area (Å²) in [6.07, 6.45) is 0. The van der Waals surface area contributed by atoms with Gasteiger partial charge in [-0.2, -0.15) is 0 Å². The molecule has 1 atom stereocenters. The lowest BCUT2D eigenvalue weighted by Gasteiger charge is -2.24. The van der Waals surface area contributed by atoms with E-state index in [4.69, 9.17) is 0 Å². The van der Waals surface area contributed by atoms with Crippen LogP contribution in [0.2, 0.25) is 0 Å². The number of aromatic hydroxyl groups is 1. The van der Waals surface area contributed by atoms with Crippen LogP contribution in [0.15, 0.2) is 36.4 Å². The number of nitrogens with one attached hydrogen (secondary N) is 1. The van der Waals surface area contributed by atoms with Crippen LogP contribution in [0.3, 0.4) is 0 Å². The summed E-state index contributed by atoms with van der Waals surface area (Å²) in [5.41, 5.74) is 0.737. The maximum Gasteiger partial charge on any atom is 0.321 e. The monoisotopic (exact) mass is 289 g/mol. The molecule has 0 spiro atoms. The molecule has 0 aliphatic carbocycles. The van der Waals surface area contributed by atoms with Gasteiger partial charge in [-0.1, -0.05) is 18.2 Å². The Morgan fingerprint density at radius 1 is 1.33 bits per heavy atom. The second kappa shape index (κ2) is 5.66. The van der Waals surface area contributed by atoms with Gasteiger partial charge in [0.15, 0.2) is 5.69 Å². The van der Waals surface area contributed by atoms with Gasteiger partial charge in [0.05, 0.1) is 6.04 Å². The summed E-state index contributed by atoms with van der Waals surface area (Å²) < 4.78 is 0. The molecule has 1 aromatic heterocycles. The smallest absolute Gasteiger partial charge is 0.321 e. The molecule has 7 heteroatoms. The van der Waals surface area contributed by atoms with E-state index in [2.05, 4.69) is 4.98 Å². The van der Waals surface area contributed by atoms with E-state index in [-0.39, 0.29) is 29.2 Å². The van der Waals surface area contributed by atoms with Gasteiger partial charge in [0.25, 0.3) is 5.91 Å². The fraction of sp³-hybridized carbons (Fsp3) is 0.214. The van der Waals surface area contributed by atoms with Gasteiger partial charge >= 0.3 is 5.82 Å². The molecule has 0 saturated heterocycles. The molecule has 2 rings (SSSR count). The second-order valence-corrected chi connectivity index (χ2v) is 4.67. The van der Waals surface area contributed by atoms with Crippen LogP contribution in [0, 0.1) is 10.1 Å². The molecule has 0 aliphatic heterocycles. The van der Waals surface area contributed by atoms with E-state index in [1.165, 1.54) is 17.0 Å². The van der Waals surface area contributed by atoms with Crippen LogP contribution in [0.25, 0.3) is 0 Å². The molecule has 0 saturated carbocycles. The lowest BCUT2D eigenvalue weighted by Crippen LogP contribution is -2.30. The maximum absolute atomic E-state index is 12.3. The van der Waals surface area contributed by atoms with Gasteiger partial charge in [-0.25, -0.2) is 4.98 Å². The number of para-hydroxylation sites is 1. The number of nitrogens with zero attached hydrogens (tertiary/aromatic N) is 2. The second-order valence-electron chi connectivity index (χ2n) is 4.67. The minimum atomic E-state index is -0.594. The Hall–Kier alpha value is -2.83. The van der Waals surface area contributed by atoms with Crippen molar-refractivity contribution in [2.24, 2.45) is 0 Å². The highest BCUT2D eigenvalue weighted by molar-refractivity contribution is 5.93. The summed E-state index contributed by atoms with van der Waals surface area (Å²) in [7, 11) is 1.58. The molecule has 0 aliphatic rings. The van der Waals surface area contributed by atoms with Gasteiger partial charge in [-0.3, -0.25) is 4.79 Å². The number of benzene rings is 1. The van der Waals surface area contributed by atoms with Gasteiger partial charge in [0.1, 0.15) is 5.75 Å². The normalized spacial score (nSPS) is 11.9. The number of carbonyl (C=O) groups is 1. The van der Waals surface area contributed by atoms with Crippen molar-refractivity contribution in [3.8, 4) is 5.75 Å². The van der Waals surface area contributed by atoms with Crippen molar-refractivity contribution in [3.63, 3.8) is 0 Å². The Morgan fingerprint density at radius 2 is 2.00 bits per heavy atom. The molecule has 1 aromatic carbocycles. The third-order valence-electron chi connectivity index (χ3n) is 3.39. The Bertz CT molecular complexity index is 680. The van der Waals surface area contributed by atoms with E-state index in [1.54, 1.807) is 38.2 Å². The third kappa shape index (κ3) is 2.86. The van der Waals surface area contributed by atoms with Crippen molar-refractivity contribution < 1.29 is 14.8 Å². The molecule has 0 radical (unpaired) electrons. The molecule has 2 N–H and O–H groups in total. The van der Waals surface area contributed by atoms with E-state index >= 15 is 0 Å². The minimum Gasteiger partial charge on any atom is -0.508 e. The van der Waals surface area contributed by atoms with E-state index in [9.17, 15) is 20.0 Å². The molecule has 0 bridgehead atoms. The first-order chi connectivity index (χ1) is 9.91. The summed E-state index contributed by atoms with van der Waals surface area (Å²) in [6, 6.07) is 8.97. The summed E-state index contributed by atoms with van der Waals surface area (Å²) in [4.78, 5) is 26.2. The number of rotatable bonds is 4. The largest absolute Gasteiger partial charge is 0.508 e. The van der Waals surface area contributed by atoms with Gasteiger partial charge in [0.2, 0.25) is 0 Å².